The van der Waals surface area contributed by atoms with E-state index in [1.54, 1.807) is 54.6 Å². The molecule has 2 heterocycles. The van der Waals surface area contributed by atoms with E-state index in [2.05, 4.69) is 40.8 Å². The molecule has 0 spiro atoms. The number of anilines is 4. The fourth-order valence-electron chi connectivity index (χ4n) is 7.68. The predicted octanol–water partition coefficient (Wildman–Crippen LogP) is 10.9. The lowest BCUT2D eigenvalue weighted by molar-refractivity contribution is -0.386. The summed E-state index contributed by atoms with van der Waals surface area (Å²) in [5.41, 5.74) is -2.07. The molecule has 9 aromatic rings. The molecule has 28 heteroatoms. The highest BCUT2D eigenvalue weighted by Crippen LogP contribution is 2.46. The minimum absolute atomic E-state index is 0.00000376. The summed E-state index contributed by atoms with van der Waals surface area (Å²) in [6, 6.07) is 29.0. The summed E-state index contributed by atoms with van der Waals surface area (Å²) in [5.74, 6) is -1.40. The Morgan fingerprint density at radius 1 is 0.676 bits per heavy atom. The number of nitro groups is 2. The molecule has 0 bridgehead atoms. The number of hydrogen-bond acceptors (Lipinski definition) is 18. The van der Waals surface area contributed by atoms with Gasteiger partial charge < -0.3 is 15.7 Å². The number of nitro benzene ring substituents is 2. The molecule has 0 aliphatic heterocycles. The van der Waals surface area contributed by atoms with Crippen LogP contribution in [0.15, 0.2) is 152 Å². The lowest BCUT2D eigenvalue weighted by Gasteiger charge is -2.15. The molecule has 0 atom stereocenters. The van der Waals surface area contributed by atoms with Crippen molar-refractivity contribution in [1.29, 1.82) is 0 Å². The zero-order valence-corrected chi connectivity index (χ0v) is 40.7. The number of hydrogen-bond donors (Lipinski definition) is 5. The zero-order chi connectivity index (χ0) is 52.8. The minimum Gasteiger partial charge on any atom is -0.505 e. The normalized spacial score (nSPS) is 11.9. The highest BCUT2D eigenvalue weighted by molar-refractivity contribution is 7.86. The fraction of sp³-hybridized carbons (Fsp3) is 0.0217. The number of azo groups is 1. The molecular weight excluding hydrogens is 1070 g/mol. The van der Waals surface area contributed by atoms with Gasteiger partial charge in [0.05, 0.1) is 42.7 Å². The van der Waals surface area contributed by atoms with Crippen molar-refractivity contribution in [3.8, 4) is 22.8 Å². The quantitative estimate of drug-likeness (QED) is 0.0292. The second-order valence-corrected chi connectivity index (χ2v) is 19.7. The molecule has 0 saturated heterocycles. The number of phenolic OH excluding ortho intramolecular Hbond substituents is 1. The standard InChI is InChI=1S/C46H28Cl3N11O12S2/c47-27-8-12-29(13-9-27)50-45-53-44(49)54-46(55-45)52-35-22-32(73(67,68)69)17-26-18-38(74(70,71)72)40(41(61)39(26)35)57-56-30-11-6-24(36(20-30)59(63)64)16-25-7-14-31(21-37(25)60(65)66)58-42(23-4-2-1-3-5-23)51-34-19-28(48)10-15-33(34)43(58)62/h1-15,17-22,61H,16H2,(H,67,68,69)(H,70,71,72)(H2,50,52,53,54,55). The number of fused-ring (bicyclic) bond motifs is 2. The maximum absolute atomic E-state index is 14.0. The van der Waals surface area contributed by atoms with Crippen LogP contribution >= 0.6 is 34.8 Å². The van der Waals surface area contributed by atoms with Crippen molar-refractivity contribution < 1.29 is 40.9 Å². The summed E-state index contributed by atoms with van der Waals surface area (Å²) in [6.45, 7) is 0. The summed E-state index contributed by atoms with van der Waals surface area (Å²) in [5, 5.41) is 50.0. The van der Waals surface area contributed by atoms with Crippen LogP contribution in [0.2, 0.25) is 15.3 Å². The molecule has 0 aliphatic carbocycles. The van der Waals surface area contributed by atoms with Crippen molar-refractivity contribution in [3.63, 3.8) is 0 Å². The van der Waals surface area contributed by atoms with Crippen LogP contribution in [0.3, 0.4) is 0 Å². The molecule has 372 valence electrons. The van der Waals surface area contributed by atoms with Gasteiger partial charge in [0.1, 0.15) is 16.4 Å². The fourth-order valence-corrected chi connectivity index (χ4v) is 9.33. The van der Waals surface area contributed by atoms with Crippen molar-refractivity contribution in [2.45, 2.75) is 16.2 Å². The van der Waals surface area contributed by atoms with Crippen LogP contribution in [0, 0.1) is 20.2 Å². The van der Waals surface area contributed by atoms with Gasteiger partial charge in [-0.15, -0.1) is 5.11 Å². The molecule has 74 heavy (non-hydrogen) atoms. The predicted molar refractivity (Wildman–Crippen MR) is 273 cm³/mol. The van der Waals surface area contributed by atoms with Crippen LogP contribution in [-0.2, 0) is 26.7 Å². The van der Waals surface area contributed by atoms with E-state index in [4.69, 9.17) is 34.8 Å². The van der Waals surface area contributed by atoms with Crippen LogP contribution in [-0.4, -0.2) is 65.4 Å². The highest BCUT2D eigenvalue weighted by Gasteiger charge is 2.27. The number of nitrogens with one attached hydrogen (secondary N) is 2. The number of benzene rings is 7. The highest BCUT2D eigenvalue weighted by atomic mass is 35.5. The van der Waals surface area contributed by atoms with Crippen molar-refractivity contribution in [2.75, 3.05) is 10.6 Å². The largest absolute Gasteiger partial charge is 0.505 e. The molecule has 0 fully saturated rings. The van der Waals surface area contributed by atoms with Gasteiger partial charge in [-0.2, -0.15) is 36.9 Å². The molecule has 0 saturated carbocycles. The second-order valence-electron chi connectivity index (χ2n) is 15.7. The van der Waals surface area contributed by atoms with Gasteiger partial charge in [0.25, 0.3) is 37.2 Å². The summed E-state index contributed by atoms with van der Waals surface area (Å²) in [6.07, 6.45) is -0.399. The van der Waals surface area contributed by atoms with Crippen LogP contribution in [0.5, 0.6) is 5.75 Å². The van der Waals surface area contributed by atoms with Gasteiger partial charge in [0, 0.05) is 56.4 Å². The van der Waals surface area contributed by atoms with Crippen LogP contribution in [0.1, 0.15) is 11.1 Å². The van der Waals surface area contributed by atoms with Gasteiger partial charge in [-0.25, -0.2) is 4.98 Å². The summed E-state index contributed by atoms with van der Waals surface area (Å²) >= 11 is 18.4. The Morgan fingerprint density at radius 2 is 1.32 bits per heavy atom. The van der Waals surface area contributed by atoms with Crippen LogP contribution < -0.4 is 16.2 Å². The van der Waals surface area contributed by atoms with Gasteiger partial charge in [0.15, 0.2) is 5.75 Å². The van der Waals surface area contributed by atoms with E-state index < -0.39 is 85.7 Å². The first-order chi connectivity index (χ1) is 35.1. The van der Waals surface area contributed by atoms with Crippen LogP contribution in [0.4, 0.5) is 46.0 Å². The van der Waals surface area contributed by atoms with Gasteiger partial charge in [-0.3, -0.25) is 38.7 Å². The molecule has 9 rings (SSSR count). The smallest absolute Gasteiger partial charge is 0.296 e. The Morgan fingerprint density at radius 3 is 1.99 bits per heavy atom. The van der Waals surface area contributed by atoms with E-state index in [9.17, 15) is 56.1 Å². The van der Waals surface area contributed by atoms with Crippen molar-refractivity contribution in [2.24, 2.45) is 10.2 Å². The number of aromatic nitrogens is 5. The third-order valence-corrected chi connectivity index (χ3v) is 13.3. The molecule has 0 amide bonds. The minimum atomic E-state index is -5.34. The summed E-state index contributed by atoms with van der Waals surface area (Å²) in [7, 11) is -10.4. The van der Waals surface area contributed by atoms with Crippen molar-refractivity contribution in [3.05, 3.63) is 184 Å². The average molecular weight is 1100 g/mol. The number of nitrogens with zero attached hydrogens (tertiary/aromatic N) is 9. The Hall–Kier alpha value is -8.56. The molecule has 2 aromatic heterocycles. The number of phenols is 1. The van der Waals surface area contributed by atoms with E-state index in [0.29, 0.717) is 27.4 Å². The number of halogens is 3. The van der Waals surface area contributed by atoms with Crippen molar-refractivity contribution in [1.82, 2.24) is 24.5 Å². The number of rotatable bonds is 14. The molecule has 23 nitrogen and oxygen atoms in total. The van der Waals surface area contributed by atoms with Gasteiger partial charge in [-0.05, 0) is 102 Å². The first kappa shape index (κ1) is 50.4. The molecular formula is C46H28Cl3N11O12S2. The first-order valence-corrected chi connectivity index (χ1v) is 24.9. The lowest BCUT2D eigenvalue weighted by atomic mass is 10.0. The van der Waals surface area contributed by atoms with E-state index >= 15 is 0 Å². The SMILES string of the molecule is O=c1c2ccc(Cl)cc2nc(-c2ccccc2)n1-c1ccc(Cc2ccc(N=Nc3c(S(=O)(=O)O)cc4cc(S(=O)(=O)O)cc(Nc5nc(Cl)nc(Nc6ccc(Cl)cc6)n5)c4c3O)cc2[N+](=O)[O-])c([N+](=O)[O-])c1. The Bertz CT molecular complexity index is 4160. The molecule has 0 aliphatic rings. The van der Waals surface area contributed by atoms with Gasteiger partial charge in [-0.1, -0.05) is 53.5 Å². The second kappa shape index (κ2) is 19.8. The molecule has 7 aromatic carbocycles. The van der Waals surface area contributed by atoms with Gasteiger partial charge in [0.2, 0.25) is 17.2 Å². The monoisotopic (exact) mass is 1100 g/mol. The molecule has 0 unspecified atom stereocenters. The average Bonchev–Trinajstić information content (AvgIpc) is 3.34. The first-order valence-electron chi connectivity index (χ1n) is 20.9. The van der Waals surface area contributed by atoms with E-state index in [-0.39, 0.29) is 61.8 Å². The van der Waals surface area contributed by atoms with Crippen LogP contribution in [0.25, 0.3) is 38.8 Å². The Balaban J connectivity index is 1.09. The molecule has 0 radical (unpaired) electrons. The van der Waals surface area contributed by atoms with E-state index in [1.807, 2.05) is 0 Å². The van der Waals surface area contributed by atoms with Gasteiger partial charge >= 0.3 is 0 Å². The number of aromatic hydroxyl groups is 1. The maximum Gasteiger partial charge on any atom is 0.296 e. The topological polar surface area (TPSA) is 338 Å². The third-order valence-electron chi connectivity index (χ3n) is 11.0. The molecule has 5 N–H and O–H groups in total. The summed E-state index contributed by atoms with van der Waals surface area (Å²) < 4.78 is 72.0. The van der Waals surface area contributed by atoms with Crippen molar-refractivity contribution >= 4 is 123 Å². The maximum atomic E-state index is 14.0. The Kier molecular flexibility index (Phi) is 13.5. The Labute approximate surface area is 430 Å². The van der Waals surface area contributed by atoms with E-state index in [1.165, 1.54) is 47.0 Å². The third kappa shape index (κ3) is 10.5. The lowest BCUT2D eigenvalue weighted by Crippen LogP contribution is -2.22. The zero-order valence-electron chi connectivity index (χ0n) is 36.8. The van der Waals surface area contributed by atoms with E-state index in [0.717, 1.165) is 24.3 Å². The summed E-state index contributed by atoms with van der Waals surface area (Å²) in [4.78, 5) is 52.6.